The molecule has 3 nitrogen and oxygen atoms in total. The molecular weight excluding hydrogens is 326 g/mol. The van der Waals surface area contributed by atoms with Crippen LogP contribution in [0.1, 0.15) is 40.2 Å². The van der Waals surface area contributed by atoms with Crippen LogP contribution in [0.4, 0.5) is 0 Å². The van der Waals surface area contributed by atoms with Gasteiger partial charge in [-0.1, -0.05) is 6.92 Å². The smallest absolute Gasteiger partial charge is 0.258 e. The van der Waals surface area contributed by atoms with Crippen molar-refractivity contribution >= 4 is 33.2 Å². The van der Waals surface area contributed by atoms with Crippen LogP contribution in [0.3, 0.4) is 0 Å². The second kappa shape index (κ2) is 5.13. The maximum atomic E-state index is 12.6. The van der Waals surface area contributed by atoms with Crippen molar-refractivity contribution in [2.45, 2.75) is 25.8 Å². The summed E-state index contributed by atoms with van der Waals surface area (Å²) in [5, 5.41) is 2.12. The molecule has 0 spiro atoms. The summed E-state index contributed by atoms with van der Waals surface area (Å²) in [6.07, 6.45) is 3.42. The molecule has 1 unspecified atom stereocenters. The minimum absolute atomic E-state index is 0.0457. The summed E-state index contributed by atoms with van der Waals surface area (Å²) in [6, 6.07) is 4.06. The van der Waals surface area contributed by atoms with E-state index in [-0.39, 0.29) is 11.9 Å². The molecule has 0 saturated heterocycles. The molecule has 0 saturated carbocycles. The monoisotopic (exact) mass is 339 g/mol. The van der Waals surface area contributed by atoms with E-state index in [2.05, 4.69) is 34.3 Å². The average molecular weight is 340 g/mol. The Labute approximate surface area is 124 Å². The van der Waals surface area contributed by atoms with Gasteiger partial charge in [0.05, 0.1) is 17.9 Å². The van der Waals surface area contributed by atoms with Crippen LogP contribution >= 0.6 is 27.3 Å². The van der Waals surface area contributed by atoms with E-state index in [0.29, 0.717) is 10.2 Å². The number of halogens is 1. The number of carbonyl (C=O) groups excluding carboxylic acids is 1. The van der Waals surface area contributed by atoms with Crippen molar-refractivity contribution in [3.8, 4) is 0 Å². The number of thiophene rings is 1. The second-order valence-electron chi connectivity index (χ2n) is 4.58. The van der Waals surface area contributed by atoms with Gasteiger partial charge in [-0.25, -0.2) is 0 Å². The number of hydrogen-bond donors (Lipinski definition) is 0. The van der Waals surface area contributed by atoms with E-state index in [1.54, 1.807) is 17.4 Å². The molecule has 0 fully saturated rings. The van der Waals surface area contributed by atoms with Crippen molar-refractivity contribution in [1.29, 1.82) is 0 Å². The van der Waals surface area contributed by atoms with Gasteiger partial charge in [-0.3, -0.25) is 4.79 Å². The Morgan fingerprint density at radius 2 is 2.42 bits per heavy atom. The van der Waals surface area contributed by atoms with Gasteiger partial charge in [0.1, 0.15) is 0 Å². The van der Waals surface area contributed by atoms with E-state index in [1.807, 2.05) is 4.90 Å². The third kappa shape index (κ3) is 2.15. The minimum atomic E-state index is 0.0457. The molecule has 3 rings (SSSR count). The third-order valence-corrected chi connectivity index (χ3v) is 5.20. The molecule has 1 aliphatic heterocycles. The van der Waals surface area contributed by atoms with E-state index in [1.165, 1.54) is 16.7 Å². The van der Waals surface area contributed by atoms with Crippen LogP contribution < -0.4 is 0 Å². The molecule has 2 aromatic heterocycles. The standard InChI is InChI=1S/C14H14BrNO2S/c1-2-11-9-5-8-19-12(9)3-6-16(11)14(17)10-4-7-18-13(10)15/h4-5,7-8,11H,2-3,6H2,1H3. The number of nitrogens with zero attached hydrogens (tertiary/aromatic N) is 1. The molecule has 19 heavy (non-hydrogen) atoms. The Morgan fingerprint density at radius 1 is 1.58 bits per heavy atom. The lowest BCUT2D eigenvalue weighted by atomic mass is 9.97. The van der Waals surface area contributed by atoms with E-state index in [0.717, 1.165) is 19.4 Å². The topological polar surface area (TPSA) is 33.5 Å². The Kier molecular flexibility index (Phi) is 3.50. The number of amides is 1. The predicted molar refractivity (Wildman–Crippen MR) is 78.5 cm³/mol. The van der Waals surface area contributed by atoms with Crippen molar-refractivity contribution in [3.05, 3.63) is 44.4 Å². The molecule has 0 aromatic carbocycles. The highest BCUT2D eigenvalue weighted by molar-refractivity contribution is 9.10. The number of furan rings is 1. The van der Waals surface area contributed by atoms with Crippen LogP contribution in [0.5, 0.6) is 0 Å². The van der Waals surface area contributed by atoms with Crippen molar-refractivity contribution in [2.75, 3.05) is 6.54 Å². The normalized spacial score (nSPS) is 18.4. The van der Waals surface area contributed by atoms with E-state index >= 15 is 0 Å². The summed E-state index contributed by atoms with van der Waals surface area (Å²) in [5.74, 6) is 0.0457. The first-order valence-corrected chi connectivity index (χ1v) is 8.00. The molecule has 1 amide bonds. The van der Waals surface area contributed by atoms with E-state index < -0.39 is 0 Å². The number of fused-ring (bicyclic) bond motifs is 1. The summed E-state index contributed by atoms with van der Waals surface area (Å²) in [5.41, 5.74) is 1.92. The quantitative estimate of drug-likeness (QED) is 0.819. The number of hydrogen-bond acceptors (Lipinski definition) is 3. The van der Waals surface area contributed by atoms with Gasteiger partial charge < -0.3 is 9.32 Å². The summed E-state index contributed by atoms with van der Waals surface area (Å²) in [6.45, 7) is 2.91. The summed E-state index contributed by atoms with van der Waals surface area (Å²) < 4.78 is 5.69. The fourth-order valence-electron chi connectivity index (χ4n) is 2.68. The lowest BCUT2D eigenvalue weighted by molar-refractivity contribution is 0.0655. The van der Waals surface area contributed by atoms with Crippen LogP contribution in [0.2, 0.25) is 0 Å². The van der Waals surface area contributed by atoms with Gasteiger partial charge in [0, 0.05) is 11.4 Å². The van der Waals surface area contributed by atoms with Crippen molar-refractivity contribution in [3.63, 3.8) is 0 Å². The zero-order valence-corrected chi connectivity index (χ0v) is 13.0. The predicted octanol–water partition coefficient (Wildman–Crippen LogP) is 4.25. The van der Waals surface area contributed by atoms with Crippen LogP contribution in [-0.2, 0) is 6.42 Å². The van der Waals surface area contributed by atoms with Crippen LogP contribution in [0.25, 0.3) is 0 Å². The molecule has 100 valence electrons. The van der Waals surface area contributed by atoms with Gasteiger partial charge in [0.25, 0.3) is 5.91 Å². The van der Waals surface area contributed by atoms with Crippen LogP contribution in [0, 0.1) is 0 Å². The van der Waals surface area contributed by atoms with Crippen molar-refractivity contribution in [2.24, 2.45) is 0 Å². The third-order valence-electron chi connectivity index (χ3n) is 3.59. The molecule has 2 aromatic rings. The Bertz CT molecular complexity index is 604. The maximum Gasteiger partial charge on any atom is 0.258 e. The first-order valence-electron chi connectivity index (χ1n) is 6.32. The highest BCUT2D eigenvalue weighted by atomic mass is 79.9. The zero-order chi connectivity index (χ0) is 13.4. The van der Waals surface area contributed by atoms with Gasteiger partial charge in [-0.2, -0.15) is 0 Å². The fourth-order valence-corrected chi connectivity index (χ4v) is 4.02. The first-order chi connectivity index (χ1) is 9.22. The van der Waals surface area contributed by atoms with Gasteiger partial charge in [-0.15, -0.1) is 11.3 Å². The Morgan fingerprint density at radius 3 is 3.11 bits per heavy atom. The summed E-state index contributed by atoms with van der Waals surface area (Å²) >= 11 is 5.08. The van der Waals surface area contributed by atoms with Gasteiger partial charge in [0.2, 0.25) is 0 Å². The fraction of sp³-hybridized carbons (Fsp3) is 0.357. The Hall–Kier alpha value is -1.07. The lowest BCUT2D eigenvalue weighted by Crippen LogP contribution is -2.39. The van der Waals surface area contributed by atoms with Gasteiger partial charge in [-0.05, 0) is 51.8 Å². The SMILES string of the molecule is CCC1c2ccsc2CCN1C(=O)c1ccoc1Br. The molecule has 3 heterocycles. The van der Waals surface area contributed by atoms with E-state index in [4.69, 9.17) is 4.42 Å². The Balaban J connectivity index is 1.94. The summed E-state index contributed by atoms with van der Waals surface area (Å²) in [7, 11) is 0. The molecule has 1 atom stereocenters. The summed E-state index contributed by atoms with van der Waals surface area (Å²) in [4.78, 5) is 16.0. The molecule has 5 heteroatoms. The largest absolute Gasteiger partial charge is 0.457 e. The molecule has 1 aliphatic rings. The number of rotatable bonds is 2. The molecule has 0 N–H and O–H groups in total. The zero-order valence-electron chi connectivity index (χ0n) is 10.6. The molecule has 0 aliphatic carbocycles. The van der Waals surface area contributed by atoms with E-state index in [9.17, 15) is 4.79 Å². The minimum Gasteiger partial charge on any atom is -0.457 e. The van der Waals surface area contributed by atoms with Crippen molar-refractivity contribution < 1.29 is 9.21 Å². The highest BCUT2D eigenvalue weighted by Gasteiger charge is 2.32. The van der Waals surface area contributed by atoms with Crippen LogP contribution in [0.15, 0.2) is 32.9 Å². The highest BCUT2D eigenvalue weighted by Crippen LogP contribution is 2.36. The second-order valence-corrected chi connectivity index (χ2v) is 6.30. The number of carbonyl (C=O) groups is 1. The molecule has 0 radical (unpaired) electrons. The molecule has 0 bridgehead atoms. The molecular formula is C14H14BrNO2S. The van der Waals surface area contributed by atoms with Gasteiger partial charge in [0.15, 0.2) is 4.67 Å². The lowest BCUT2D eigenvalue weighted by Gasteiger charge is -2.35. The maximum absolute atomic E-state index is 12.6. The van der Waals surface area contributed by atoms with Crippen molar-refractivity contribution in [1.82, 2.24) is 4.90 Å². The van der Waals surface area contributed by atoms with Crippen LogP contribution in [-0.4, -0.2) is 17.4 Å². The first kappa shape index (κ1) is 12.9. The average Bonchev–Trinajstić information content (AvgIpc) is 3.04. The van der Waals surface area contributed by atoms with Gasteiger partial charge >= 0.3 is 0 Å².